The van der Waals surface area contributed by atoms with Gasteiger partial charge in [0.05, 0.1) is 29.6 Å². The maximum atomic E-state index is 12.2. The lowest BCUT2D eigenvalue weighted by molar-refractivity contribution is 0.0988. The van der Waals surface area contributed by atoms with E-state index in [1.807, 2.05) is 18.2 Å². The van der Waals surface area contributed by atoms with E-state index >= 15 is 0 Å². The zero-order valence-electron chi connectivity index (χ0n) is 14.7. The number of carbonyl (C=O) groups is 1. The van der Waals surface area contributed by atoms with E-state index in [1.54, 1.807) is 38.2 Å². The minimum Gasteiger partial charge on any atom is -0.494 e. The van der Waals surface area contributed by atoms with Crippen LogP contribution in [0.4, 0.5) is 11.4 Å². The van der Waals surface area contributed by atoms with Crippen LogP contribution in [0.3, 0.4) is 0 Å². The second kappa shape index (κ2) is 7.53. The van der Waals surface area contributed by atoms with Crippen molar-refractivity contribution in [2.45, 2.75) is 13.3 Å². The van der Waals surface area contributed by atoms with E-state index in [0.29, 0.717) is 40.1 Å². The van der Waals surface area contributed by atoms with Crippen LogP contribution in [0.1, 0.15) is 23.7 Å². The average Bonchev–Trinajstić information content (AvgIpc) is 3.07. The topological polar surface area (TPSA) is 81.9 Å². The molecule has 0 fully saturated rings. The third-order valence-electron chi connectivity index (χ3n) is 3.82. The molecular weight excluding hydrogens is 354 g/mol. The molecule has 0 aliphatic rings. The van der Waals surface area contributed by atoms with Gasteiger partial charge in [0.15, 0.2) is 17.4 Å². The van der Waals surface area contributed by atoms with Crippen molar-refractivity contribution >= 4 is 28.8 Å². The van der Waals surface area contributed by atoms with Gasteiger partial charge < -0.3 is 10.1 Å². The van der Waals surface area contributed by atoms with E-state index in [1.165, 1.54) is 6.20 Å². The summed E-state index contributed by atoms with van der Waals surface area (Å²) in [5, 5.41) is 7.85. The SMILES string of the molecule is CCC(=O)c1cnc(Cl)cc1Nc1cccc(-c2ncn(C)n2)c1OC. The number of halogens is 1. The fraction of sp³-hybridized carbons (Fsp3) is 0.222. The van der Waals surface area contributed by atoms with Crippen LogP contribution in [0, 0.1) is 0 Å². The standard InChI is InChI=1S/C18H18ClN5O2/c1-4-15(25)12-9-20-16(19)8-14(12)22-13-7-5-6-11(17(13)26-3)18-21-10-24(2)23-18/h5-10H,4H2,1-3H3,(H,20,22). The quantitative estimate of drug-likeness (QED) is 0.523. The summed E-state index contributed by atoms with van der Waals surface area (Å²) in [6, 6.07) is 7.20. The molecule has 8 heteroatoms. The summed E-state index contributed by atoms with van der Waals surface area (Å²) in [7, 11) is 3.37. The fourth-order valence-electron chi connectivity index (χ4n) is 2.59. The summed E-state index contributed by atoms with van der Waals surface area (Å²) in [4.78, 5) is 20.5. The van der Waals surface area contributed by atoms with Crippen LogP contribution in [0.5, 0.6) is 5.75 Å². The van der Waals surface area contributed by atoms with Gasteiger partial charge in [-0.15, -0.1) is 0 Å². The van der Waals surface area contributed by atoms with Gasteiger partial charge in [-0.25, -0.2) is 9.97 Å². The Bertz CT molecular complexity index is 955. The average molecular weight is 372 g/mol. The second-order valence-electron chi connectivity index (χ2n) is 5.58. The molecule has 26 heavy (non-hydrogen) atoms. The molecule has 3 aromatic rings. The fourth-order valence-corrected chi connectivity index (χ4v) is 2.74. The number of benzene rings is 1. The van der Waals surface area contributed by atoms with Crippen LogP contribution in [0.25, 0.3) is 11.4 Å². The molecule has 1 aromatic carbocycles. The predicted octanol–water partition coefficient (Wildman–Crippen LogP) is 3.88. The van der Waals surface area contributed by atoms with Crippen molar-refractivity contribution in [2.75, 3.05) is 12.4 Å². The highest BCUT2D eigenvalue weighted by Crippen LogP contribution is 2.37. The molecule has 2 heterocycles. The Morgan fingerprint density at radius 1 is 1.31 bits per heavy atom. The first kappa shape index (κ1) is 17.9. The molecule has 0 aliphatic carbocycles. The highest BCUT2D eigenvalue weighted by atomic mass is 35.5. The number of methoxy groups -OCH3 is 1. The van der Waals surface area contributed by atoms with Crippen molar-refractivity contribution in [1.29, 1.82) is 0 Å². The first-order valence-corrected chi connectivity index (χ1v) is 8.40. The van der Waals surface area contributed by atoms with Gasteiger partial charge >= 0.3 is 0 Å². The normalized spacial score (nSPS) is 10.6. The van der Waals surface area contributed by atoms with Crippen molar-refractivity contribution in [3.63, 3.8) is 0 Å². The predicted molar refractivity (Wildman–Crippen MR) is 100 cm³/mol. The lowest BCUT2D eigenvalue weighted by atomic mass is 10.1. The van der Waals surface area contributed by atoms with E-state index in [-0.39, 0.29) is 5.78 Å². The van der Waals surface area contributed by atoms with Crippen molar-refractivity contribution in [3.05, 3.63) is 47.5 Å². The van der Waals surface area contributed by atoms with Gasteiger partial charge in [0, 0.05) is 19.7 Å². The number of carbonyl (C=O) groups excluding carboxylic acids is 1. The van der Waals surface area contributed by atoms with Crippen LogP contribution in [-0.2, 0) is 7.05 Å². The number of aryl methyl sites for hydroxylation is 1. The van der Waals surface area contributed by atoms with E-state index in [2.05, 4.69) is 20.4 Å². The number of ether oxygens (including phenoxy) is 1. The van der Waals surface area contributed by atoms with Gasteiger partial charge in [-0.2, -0.15) is 5.10 Å². The van der Waals surface area contributed by atoms with Gasteiger partial charge in [-0.3, -0.25) is 9.48 Å². The molecule has 0 amide bonds. The van der Waals surface area contributed by atoms with Crippen molar-refractivity contribution in [3.8, 4) is 17.1 Å². The minimum atomic E-state index is -0.0295. The lowest BCUT2D eigenvalue weighted by Crippen LogP contribution is -2.05. The monoisotopic (exact) mass is 371 g/mol. The van der Waals surface area contributed by atoms with E-state index in [0.717, 1.165) is 5.56 Å². The van der Waals surface area contributed by atoms with Gasteiger partial charge in [-0.05, 0) is 18.2 Å². The Labute approximate surface area is 156 Å². The maximum Gasteiger partial charge on any atom is 0.184 e. The van der Waals surface area contributed by atoms with Crippen LogP contribution >= 0.6 is 11.6 Å². The van der Waals surface area contributed by atoms with Gasteiger partial charge in [0.25, 0.3) is 0 Å². The molecule has 1 N–H and O–H groups in total. The summed E-state index contributed by atoms with van der Waals surface area (Å²) in [5.74, 6) is 1.09. The maximum absolute atomic E-state index is 12.2. The number of Topliss-reactive ketones (excluding diaryl/α,β-unsaturated/α-hetero) is 1. The summed E-state index contributed by atoms with van der Waals surface area (Å²) < 4.78 is 7.20. The molecule has 0 radical (unpaired) electrons. The first-order valence-electron chi connectivity index (χ1n) is 8.02. The molecular formula is C18H18ClN5O2. The van der Waals surface area contributed by atoms with E-state index in [9.17, 15) is 4.79 Å². The largest absolute Gasteiger partial charge is 0.494 e. The van der Waals surface area contributed by atoms with Gasteiger partial charge in [0.2, 0.25) is 0 Å². The molecule has 0 bridgehead atoms. The molecule has 2 aromatic heterocycles. The number of para-hydroxylation sites is 1. The van der Waals surface area contributed by atoms with Crippen LogP contribution < -0.4 is 10.1 Å². The van der Waals surface area contributed by atoms with Crippen LogP contribution in [0.2, 0.25) is 5.15 Å². The summed E-state index contributed by atoms with van der Waals surface area (Å²) in [5.41, 5.74) is 2.45. The molecule has 7 nitrogen and oxygen atoms in total. The highest BCUT2D eigenvalue weighted by Gasteiger charge is 2.17. The third-order valence-corrected chi connectivity index (χ3v) is 4.03. The molecule has 0 atom stereocenters. The summed E-state index contributed by atoms with van der Waals surface area (Å²) >= 11 is 6.02. The summed E-state index contributed by atoms with van der Waals surface area (Å²) in [6.45, 7) is 1.80. The van der Waals surface area contributed by atoms with E-state index in [4.69, 9.17) is 16.3 Å². The van der Waals surface area contributed by atoms with Crippen molar-refractivity contribution in [2.24, 2.45) is 7.05 Å². The zero-order valence-corrected chi connectivity index (χ0v) is 15.4. The van der Waals surface area contributed by atoms with E-state index < -0.39 is 0 Å². The molecule has 134 valence electrons. The first-order chi connectivity index (χ1) is 12.5. The van der Waals surface area contributed by atoms with Gasteiger partial charge in [0.1, 0.15) is 11.5 Å². The number of ketones is 1. The third kappa shape index (κ3) is 3.52. The Hall–Kier alpha value is -2.93. The molecule has 0 saturated heterocycles. The number of aromatic nitrogens is 4. The molecule has 0 aliphatic heterocycles. The highest BCUT2D eigenvalue weighted by molar-refractivity contribution is 6.29. The Morgan fingerprint density at radius 3 is 2.77 bits per heavy atom. The number of anilines is 2. The Morgan fingerprint density at radius 2 is 2.12 bits per heavy atom. The molecule has 0 saturated carbocycles. The number of hydrogen-bond donors (Lipinski definition) is 1. The van der Waals surface area contributed by atoms with Crippen LogP contribution in [0.15, 0.2) is 36.8 Å². The minimum absolute atomic E-state index is 0.0295. The smallest absolute Gasteiger partial charge is 0.184 e. The summed E-state index contributed by atoms with van der Waals surface area (Å²) in [6.07, 6.45) is 3.47. The second-order valence-corrected chi connectivity index (χ2v) is 5.97. The number of hydrogen-bond acceptors (Lipinski definition) is 6. The Balaban J connectivity index is 2.06. The van der Waals surface area contributed by atoms with Crippen molar-refractivity contribution < 1.29 is 9.53 Å². The molecule has 0 unspecified atom stereocenters. The van der Waals surface area contributed by atoms with Gasteiger partial charge in [-0.1, -0.05) is 24.6 Å². The lowest BCUT2D eigenvalue weighted by Gasteiger charge is -2.16. The number of nitrogens with one attached hydrogen (secondary N) is 1. The molecule has 3 rings (SSSR count). The number of rotatable bonds is 6. The number of nitrogens with zero attached hydrogens (tertiary/aromatic N) is 4. The number of pyridine rings is 1. The van der Waals surface area contributed by atoms with Crippen LogP contribution in [-0.4, -0.2) is 32.6 Å². The molecule has 0 spiro atoms. The Kier molecular flexibility index (Phi) is 5.18. The van der Waals surface area contributed by atoms with Crippen molar-refractivity contribution in [1.82, 2.24) is 19.7 Å². The zero-order chi connectivity index (χ0) is 18.7.